The molecule has 1 atom stereocenters. The fourth-order valence-corrected chi connectivity index (χ4v) is 2.90. The molecule has 0 aromatic carbocycles. The summed E-state index contributed by atoms with van der Waals surface area (Å²) in [6.07, 6.45) is 7.56. The number of ether oxygens (including phenoxy) is 1. The molecule has 6 heteroatoms. The Balaban J connectivity index is 2.33. The molecule has 0 heterocycles. The Morgan fingerprint density at radius 2 is 1.82 bits per heavy atom. The lowest BCUT2D eigenvalue weighted by Crippen LogP contribution is -2.45. The molecule has 1 rings (SSSR count). The summed E-state index contributed by atoms with van der Waals surface area (Å²) in [4.78, 5) is 34.4. The van der Waals surface area contributed by atoms with Crippen LogP contribution in [-0.4, -0.2) is 24.0 Å². The minimum Gasteiger partial charge on any atom is -0.452 e. The summed E-state index contributed by atoms with van der Waals surface area (Å²) in [5.74, 6) is -0.556. The molecule has 1 saturated carbocycles. The van der Waals surface area contributed by atoms with Crippen molar-refractivity contribution in [3.05, 3.63) is 0 Å². The second-order valence-corrected chi connectivity index (χ2v) is 6.40. The Kier molecular flexibility index (Phi) is 7.91. The van der Waals surface area contributed by atoms with Crippen LogP contribution in [0.5, 0.6) is 0 Å². The van der Waals surface area contributed by atoms with Gasteiger partial charge < -0.3 is 10.5 Å². The summed E-state index contributed by atoms with van der Waals surface area (Å²) in [5.41, 5.74) is 4.91. The maximum Gasteiger partial charge on any atom is 0.318 e. The molecule has 0 radical (unpaired) electrons. The lowest BCUT2D eigenvalue weighted by molar-refractivity contribution is -0.158. The van der Waals surface area contributed by atoms with Crippen LogP contribution in [0.1, 0.15) is 65.2 Å². The number of esters is 1. The highest BCUT2D eigenvalue weighted by molar-refractivity contribution is 5.96. The van der Waals surface area contributed by atoms with E-state index >= 15 is 0 Å². The monoisotopic (exact) mass is 312 g/mol. The standard InChI is InChI=1S/C16H28N2O4/c1-11(2)14(15(20)18-16(17)21)22-13(19)10-6-9-12-7-4-3-5-8-12/h11-12,14H,3-10H2,1-2H3,(H3,17,18,20,21)/t14-/m1/s1. The lowest BCUT2D eigenvalue weighted by Gasteiger charge is -2.22. The van der Waals surface area contributed by atoms with Crippen molar-refractivity contribution in [3.8, 4) is 0 Å². The predicted octanol–water partition coefficient (Wildman–Crippen LogP) is 2.50. The quantitative estimate of drug-likeness (QED) is 0.705. The van der Waals surface area contributed by atoms with Crippen molar-refractivity contribution in [1.29, 1.82) is 0 Å². The van der Waals surface area contributed by atoms with Crippen LogP contribution in [0.3, 0.4) is 0 Å². The van der Waals surface area contributed by atoms with Crippen molar-refractivity contribution in [2.75, 3.05) is 0 Å². The van der Waals surface area contributed by atoms with E-state index in [1.807, 2.05) is 5.32 Å². The second-order valence-electron chi connectivity index (χ2n) is 6.40. The van der Waals surface area contributed by atoms with Crippen LogP contribution >= 0.6 is 0 Å². The van der Waals surface area contributed by atoms with Crippen LogP contribution in [0.25, 0.3) is 0 Å². The third-order valence-electron chi connectivity index (χ3n) is 4.09. The number of nitrogens with one attached hydrogen (secondary N) is 1. The van der Waals surface area contributed by atoms with Crippen molar-refractivity contribution in [2.45, 2.75) is 71.3 Å². The summed E-state index contributed by atoms with van der Waals surface area (Å²) in [7, 11) is 0. The van der Waals surface area contributed by atoms with Gasteiger partial charge in [-0.3, -0.25) is 14.9 Å². The fraction of sp³-hybridized carbons (Fsp3) is 0.812. The van der Waals surface area contributed by atoms with E-state index in [9.17, 15) is 14.4 Å². The zero-order chi connectivity index (χ0) is 16.5. The third-order valence-corrected chi connectivity index (χ3v) is 4.09. The van der Waals surface area contributed by atoms with E-state index in [0.29, 0.717) is 6.42 Å². The van der Waals surface area contributed by atoms with Crippen LogP contribution in [0.4, 0.5) is 4.79 Å². The van der Waals surface area contributed by atoms with Gasteiger partial charge in [0.25, 0.3) is 5.91 Å². The summed E-state index contributed by atoms with van der Waals surface area (Å²) in [6, 6.07) is -0.941. The largest absolute Gasteiger partial charge is 0.452 e. The zero-order valence-electron chi connectivity index (χ0n) is 13.6. The highest BCUT2D eigenvalue weighted by Crippen LogP contribution is 2.27. The Morgan fingerprint density at radius 1 is 1.18 bits per heavy atom. The summed E-state index contributed by atoms with van der Waals surface area (Å²) in [5, 5.41) is 1.96. The molecular formula is C16H28N2O4. The zero-order valence-corrected chi connectivity index (χ0v) is 13.6. The van der Waals surface area contributed by atoms with Crippen molar-refractivity contribution >= 4 is 17.9 Å². The Hall–Kier alpha value is -1.59. The van der Waals surface area contributed by atoms with E-state index in [2.05, 4.69) is 0 Å². The van der Waals surface area contributed by atoms with E-state index < -0.39 is 24.0 Å². The van der Waals surface area contributed by atoms with Crippen LogP contribution in [0.2, 0.25) is 0 Å². The number of rotatable bonds is 7. The summed E-state index contributed by atoms with van der Waals surface area (Å²) < 4.78 is 5.21. The first kappa shape index (κ1) is 18.5. The molecule has 0 bridgehead atoms. The molecule has 6 nitrogen and oxygen atoms in total. The number of urea groups is 1. The van der Waals surface area contributed by atoms with E-state index in [-0.39, 0.29) is 5.92 Å². The van der Waals surface area contributed by atoms with Crippen molar-refractivity contribution in [3.63, 3.8) is 0 Å². The van der Waals surface area contributed by atoms with Crippen LogP contribution in [0, 0.1) is 11.8 Å². The van der Waals surface area contributed by atoms with Crippen molar-refractivity contribution in [2.24, 2.45) is 17.6 Å². The number of carbonyl (C=O) groups excluding carboxylic acids is 3. The lowest BCUT2D eigenvalue weighted by atomic mass is 9.86. The SMILES string of the molecule is CC(C)[C@@H](OC(=O)CCCC1CCCCC1)C(=O)NC(N)=O. The first-order valence-electron chi connectivity index (χ1n) is 8.20. The molecule has 1 aliphatic carbocycles. The fourth-order valence-electron chi connectivity index (χ4n) is 2.90. The third kappa shape index (κ3) is 6.91. The maximum absolute atomic E-state index is 11.9. The number of primary amides is 1. The van der Waals surface area contributed by atoms with Gasteiger partial charge in [-0.1, -0.05) is 46.0 Å². The molecule has 0 aromatic heterocycles. The highest BCUT2D eigenvalue weighted by atomic mass is 16.5. The number of hydrogen-bond donors (Lipinski definition) is 2. The van der Waals surface area contributed by atoms with Crippen LogP contribution in [0.15, 0.2) is 0 Å². The first-order chi connectivity index (χ1) is 10.4. The molecule has 3 N–H and O–H groups in total. The molecule has 1 aliphatic rings. The van der Waals surface area contributed by atoms with Gasteiger partial charge in [-0.15, -0.1) is 0 Å². The molecule has 0 unspecified atom stereocenters. The highest BCUT2D eigenvalue weighted by Gasteiger charge is 2.27. The van der Waals surface area contributed by atoms with Gasteiger partial charge in [-0.25, -0.2) is 4.79 Å². The average Bonchev–Trinajstić information content (AvgIpc) is 2.44. The summed E-state index contributed by atoms with van der Waals surface area (Å²) in [6.45, 7) is 3.50. The Morgan fingerprint density at radius 3 is 2.36 bits per heavy atom. The molecule has 22 heavy (non-hydrogen) atoms. The summed E-state index contributed by atoms with van der Waals surface area (Å²) >= 11 is 0. The molecule has 3 amide bonds. The van der Waals surface area contributed by atoms with Gasteiger partial charge in [0.05, 0.1) is 0 Å². The average molecular weight is 312 g/mol. The van der Waals surface area contributed by atoms with Gasteiger partial charge in [-0.05, 0) is 24.7 Å². The molecule has 1 fully saturated rings. The first-order valence-corrected chi connectivity index (χ1v) is 8.20. The second kappa shape index (κ2) is 9.43. The van der Waals surface area contributed by atoms with Gasteiger partial charge in [-0.2, -0.15) is 0 Å². The molecule has 0 spiro atoms. The maximum atomic E-state index is 11.9. The van der Waals surface area contributed by atoms with E-state index in [1.165, 1.54) is 32.1 Å². The topological polar surface area (TPSA) is 98.5 Å². The van der Waals surface area contributed by atoms with E-state index in [0.717, 1.165) is 18.8 Å². The van der Waals surface area contributed by atoms with Gasteiger partial charge in [0.2, 0.25) is 0 Å². The van der Waals surface area contributed by atoms with E-state index in [1.54, 1.807) is 13.8 Å². The molecule has 0 aromatic rings. The Bertz CT molecular complexity index is 390. The van der Waals surface area contributed by atoms with Gasteiger partial charge in [0.15, 0.2) is 6.10 Å². The molecular weight excluding hydrogens is 284 g/mol. The van der Waals surface area contributed by atoms with Gasteiger partial charge >= 0.3 is 12.0 Å². The number of amides is 3. The molecule has 0 saturated heterocycles. The number of hydrogen-bond acceptors (Lipinski definition) is 4. The minimum absolute atomic E-state index is 0.221. The van der Waals surface area contributed by atoms with E-state index in [4.69, 9.17) is 10.5 Å². The predicted molar refractivity (Wildman–Crippen MR) is 82.9 cm³/mol. The van der Waals surface area contributed by atoms with Crippen molar-refractivity contribution in [1.82, 2.24) is 5.32 Å². The van der Waals surface area contributed by atoms with Crippen LogP contribution in [-0.2, 0) is 14.3 Å². The van der Waals surface area contributed by atoms with Crippen LogP contribution < -0.4 is 11.1 Å². The smallest absolute Gasteiger partial charge is 0.318 e. The van der Waals surface area contributed by atoms with Gasteiger partial charge in [0.1, 0.15) is 0 Å². The number of nitrogens with two attached hydrogens (primary N) is 1. The normalized spacial score (nSPS) is 17.0. The Labute approximate surface area is 132 Å². The minimum atomic E-state index is -0.977. The molecule has 126 valence electrons. The number of carbonyl (C=O) groups is 3. The number of imide groups is 1. The molecule has 0 aliphatic heterocycles. The van der Waals surface area contributed by atoms with Crippen molar-refractivity contribution < 1.29 is 19.1 Å². The van der Waals surface area contributed by atoms with Gasteiger partial charge in [0, 0.05) is 6.42 Å².